The Morgan fingerprint density at radius 3 is 2.55 bits per heavy atom. The molecule has 0 saturated carbocycles. The van der Waals surface area contributed by atoms with Crippen molar-refractivity contribution in [3.63, 3.8) is 0 Å². The van der Waals surface area contributed by atoms with Gasteiger partial charge in [0.2, 0.25) is 5.91 Å². The standard InChI is InChI=1S/C32H24ClN3O3S/c1-20-10-13-25(16-27(20)33)34-30(37)19-36-31(38)29(40-32(36)39)15-24-18-35(28-9-5-4-8-26(24)28)17-21-11-12-22-6-2-3-7-23(22)14-21/h2-16,18H,17,19H2,1H3,(H,34,37)/b29-15-. The smallest absolute Gasteiger partial charge is 0.294 e. The Kier molecular flexibility index (Phi) is 6.92. The van der Waals surface area contributed by atoms with Crippen LogP contribution in [0, 0.1) is 6.92 Å². The van der Waals surface area contributed by atoms with Gasteiger partial charge in [0.25, 0.3) is 11.1 Å². The number of fused-ring (bicyclic) bond motifs is 2. The lowest BCUT2D eigenvalue weighted by molar-refractivity contribution is -0.127. The van der Waals surface area contributed by atoms with Gasteiger partial charge in [0.05, 0.1) is 4.91 Å². The van der Waals surface area contributed by atoms with E-state index < -0.39 is 17.1 Å². The summed E-state index contributed by atoms with van der Waals surface area (Å²) in [5.74, 6) is -0.964. The van der Waals surface area contributed by atoms with Gasteiger partial charge < -0.3 is 9.88 Å². The second kappa shape index (κ2) is 10.7. The van der Waals surface area contributed by atoms with Crippen LogP contribution in [0.1, 0.15) is 16.7 Å². The van der Waals surface area contributed by atoms with Gasteiger partial charge >= 0.3 is 0 Å². The fourth-order valence-corrected chi connectivity index (χ4v) is 5.86. The monoisotopic (exact) mass is 565 g/mol. The summed E-state index contributed by atoms with van der Waals surface area (Å²) in [7, 11) is 0. The van der Waals surface area contributed by atoms with Crippen LogP contribution in [-0.4, -0.2) is 33.1 Å². The number of nitrogens with one attached hydrogen (secondary N) is 1. The molecule has 198 valence electrons. The van der Waals surface area contributed by atoms with E-state index in [0.29, 0.717) is 17.3 Å². The number of carbonyl (C=O) groups excluding carboxylic acids is 3. The summed E-state index contributed by atoms with van der Waals surface area (Å²) in [5.41, 5.74) is 4.40. The summed E-state index contributed by atoms with van der Waals surface area (Å²) in [6.07, 6.45) is 3.74. The van der Waals surface area contributed by atoms with Gasteiger partial charge in [-0.15, -0.1) is 0 Å². The van der Waals surface area contributed by atoms with Gasteiger partial charge in [-0.2, -0.15) is 0 Å². The van der Waals surface area contributed by atoms with Crippen LogP contribution in [0.2, 0.25) is 5.02 Å². The lowest BCUT2D eigenvalue weighted by Gasteiger charge is -2.12. The number of benzene rings is 4. The third-order valence-corrected chi connectivity index (χ3v) is 8.22. The number of imide groups is 1. The molecule has 0 atom stereocenters. The van der Waals surface area contributed by atoms with Crippen LogP contribution in [0.4, 0.5) is 10.5 Å². The van der Waals surface area contributed by atoms with Gasteiger partial charge in [0.1, 0.15) is 6.54 Å². The fourth-order valence-electron chi connectivity index (χ4n) is 4.85. The Morgan fingerprint density at radius 1 is 0.950 bits per heavy atom. The SMILES string of the molecule is Cc1ccc(NC(=O)CN2C(=O)S/C(=C\c3cn(Cc4ccc5ccccc5c4)c4ccccc34)C2=O)cc1Cl. The Labute approximate surface area is 240 Å². The highest BCUT2D eigenvalue weighted by Gasteiger charge is 2.36. The van der Waals surface area contributed by atoms with E-state index in [4.69, 9.17) is 11.6 Å². The molecule has 3 amide bonds. The van der Waals surface area contributed by atoms with E-state index in [2.05, 4.69) is 40.2 Å². The van der Waals surface area contributed by atoms with E-state index in [1.165, 1.54) is 10.8 Å². The van der Waals surface area contributed by atoms with Crippen LogP contribution < -0.4 is 5.32 Å². The fraction of sp³-hybridized carbons (Fsp3) is 0.0938. The maximum Gasteiger partial charge on any atom is 0.294 e. The van der Waals surface area contributed by atoms with Gasteiger partial charge in [-0.25, -0.2) is 0 Å². The number of para-hydroxylation sites is 1. The van der Waals surface area contributed by atoms with E-state index in [1.807, 2.05) is 49.5 Å². The van der Waals surface area contributed by atoms with Crippen LogP contribution in [0.15, 0.2) is 96.0 Å². The van der Waals surface area contributed by atoms with Crippen LogP contribution in [-0.2, 0) is 16.1 Å². The average molecular weight is 566 g/mol. The van der Waals surface area contributed by atoms with E-state index in [9.17, 15) is 14.4 Å². The molecule has 1 fully saturated rings. The van der Waals surface area contributed by atoms with Crippen LogP contribution in [0.25, 0.3) is 27.8 Å². The van der Waals surface area contributed by atoms with Gasteiger partial charge in [-0.1, -0.05) is 72.3 Å². The number of aryl methyl sites for hydroxylation is 1. The Balaban J connectivity index is 1.23. The lowest BCUT2D eigenvalue weighted by atomic mass is 10.1. The molecule has 5 aromatic rings. The van der Waals surface area contributed by atoms with E-state index in [1.54, 1.807) is 24.3 Å². The molecule has 6 rings (SSSR count). The van der Waals surface area contributed by atoms with Gasteiger partial charge in [0, 0.05) is 39.9 Å². The van der Waals surface area contributed by atoms with Crippen molar-refractivity contribution < 1.29 is 14.4 Å². The first-order chi connectivity index (χ1) is 19.4. The molecule has 0 aliphatic carbocycles. The van der Waals surface area contributed by atoms with Crippen molar-refractivity contribution in [1.29, 1.82) is 0 Å². The van der Waals surface area contributed by atoms with Crippen molar-refractivity contribution in [2.45, 2.75) is 13.5 Å². The van der Waals surface area contributed by atoms with Crippen molar-refractivity contribution in [2.24, 2.45) is 0 Å². The molecular formula is C32H24ClN3O3S. The molecule has 1 aromatic heterocycles. The second-order valence-corrected chi connectivity index (χ2v) is 11.1. The maximum atomic E-state index is 13.2. The number of hydrogen-bond acceptors (Lipinski definition) is 4. The summed E-state index contributed by atoms with van der Waals surface area (Å²) < 4.78 is 2.15. The predicted octanol–water partition coefficient (Wildman–Crippen LogP) is 7.48. The largest absolute Gasteiger partial charge is 0.342 e. The number of anilines is 1. The molecular weight excluding hydrogens is 542 g/mol. The van der Waals surface area contributed by atoms with E-state index >= 15 is 0 Å². The Bertz CT molecular complexity index is 1860. The highest BCUT2D eigenvalue weighted by atomic mass is 35.5. The van der Waals surface area contributed by atoms with E-state index in [-0.39, 0.29) is 11.4 Å². The second-order valence-electron chi connectivity index (χ2n) is 9.69. The molecule has 40 heavy (non-hydrogen) atoms. The summed E-state index contributed by atoms with van der Waals surface area (Å²) in [6, 6.07) is 27.8. The van der Waals surface area contributed by atoms with Gasteiger partial charge in [-0.3, -0.25) is 19.3 Å². The van der Waals surface area contributed by atoms with Crippen molar-refractivity contribution in [3.8, 4) is 0 Å². The minimum absolute atomic E-state index is 0.282. The Morgan fingerprint density at radius 2 is 1.73 bits per heavy atom. The number of thioether (sulfide) groups is 1. The van der Waals surface area contributed by atoms with Crippen molar-refractivity contribution in [2.75, 3.05) is 11.9 Å². The quantitative estimate of drug-likeness (QED) is 0.217. The third-order valence-electron chi connectivity index (χ3n) is 6.90. The zero-order valence-corrected chi connectivity index (χ0v) is 23.1. The maximum absolute atomic E-state index is 13.2. The van der Waals surface area contributed by atoms with Crippen LogP contribution in [0.5, 0.6) is 0 Å². The summed E-state index contributed by atoms with van der Waals surface area (Å²) in [6.45, 7) is 2.14. The number of nitrogens with zero attached hydrogens (tertiary/aromatic N) is 2. The lowest BCUT2D eigenvalue weighted by Crippen LogP contribution is -2.36. The molecule has 0 unspecified atom stereocenters. The summed E-state index contributed by atoms with van der Waals surface area (Å²) >= 11 is 6.98. The zero-order valence-electron chi connectivity index (χ0n) is 21.6. The molecule has 1 saturated heterocycles. The number of aromatic nitrogens is 1. The molecule has 0 bridgehead atoms. The van der Waals surface area contributed by atoms with E-state index in [0.717, 1.165) is 44.3 Å². The van der Waals surface area contributed by atoms with Gasteiger partial charge in [-0.05, 0) is 70.9 Å². The zero-order chi connectivity index (χ0) is 27.8. The Hall–Kier alpha value is -4.33. The topological polar surface area (TPSA) is 71.4 Å². The minimum atomic E-state index is -0.488. The molecule has 1 aliphatic heterocycles. The molecule has 0 spiro atoms. The summed E-state index contributed by atoms with van der Waals surface area (Å²) in [4.78, 5) is 39.8. The number of hydrogen-bond donors (Lipinski definition) is 1. The number of rotatable bonds is 6. The third kappa shape index (κ3) is 5.13. The molecule has 4 aromatic carbocycles. The van der Waals surface area contributed by atoms with Crippen molar-refractivity contribution in [3.05, 3.63) is 118 Å². The number of carbonyl (C=O) groups is 3. The molecule has 6 nitrogen and oxygen atoms in total. The highest BCUT2D eigenvalue weighted by Crippen LogP contribution is 2.34. The first-order valence-electron chi connectivity index (χ1n) is 12.7. The first kappa shape index (κ1) is 25.9. The molecule has 0 radical (unpaired) electrons. The molecule has 2 heterocycles. The normalized spacial score (nSPS) is 14.6. The molecule has 1 aliphatic rings. The first-order valence-corrected chi connectivity index (χ1v) is 13.9. The predicted molar refractivity (Wildman–Crippen MR) is 162 cm³/mol. The number of halogens is 1. The van der Waals surface area contributed by atoms with Gasteiger partial charge in [0.15, 0.2) is 0 Å². The highest BCUT2D eigenvalue weighted by molar-refractivity contribution is 8.18. The number of amides is 3. The summed E-state index contributed by atoms with van der Waals surface area (Å²) in [5, 5.41) is 6.09. The van der Waals surface area contributed by atoms with Crippen LogP contribution >= 0.6 is 23.4 Å². The molecule has 1 N–H and O–H groups in total. The van der Waals surface area contributed by atoms with Crippen molar-refractivity contribution in [1.82, 2.24) is 9.47 Å². The van der Waals surface area contributed by atoms with Crippen LogP contribution in [0.3, 0.4) is 0 Å². The van der Waals surface area contributed by atoms with Crippen molar-refractivity contribution >= 4 is 73.9 Å². The minimum Gasteiger partial charge on any atom is -0.342 e. The average Bonchev–Trinajstić information content (AvgIpc) is 3.42. The molecule has 8 heteroatoms.